The molecule has 1 aromatic heterocycles. The number of fused-ring (bicyclic) bond motifs is 1. The molecular weight excluding hydrogens is 244 g/mol. The van der Waals surface area contributed by atoms with E-state index < -0.39 is 0 Å². The van der Waals surface area contributed by atoms with Crippen molar-refractivity contribution >= 4 is 17.4 Å². The summed E-state index contributed by atoms with van der Waals surface area (Å²) in [6, 6.07) is 10.2. The third-order valence-electron chi connectivity index (χ3n) is 3.05. The Morgan fingerprint density at radius 2 is 2.22 bits per heavy atom. The van der Waals surface area contributed by atoms with Gasteiger partial charge in [-0.05, 0) is 12.1 Å². The first kappa shape index (κ1) is 11.4. The molecule has 0 fully saturated rings. The summed E-state index contributed by atoms with van der Waals surface area (Å²) < 4.78 is 5.67. The highest BCUT2D eigenvalue weighted by atomic mass is 32.2. The van der Waals surface area contributed by atoms with E-state index in [9.17, 15) is 0 Å². The van der Waals surface area contributed by atoms with Gasteiger partial charge in [0, 0.05) is 28.3 Å². The van der Waals surface area contributed by atoms with Crippen LogP contribution in [0.2, 0.25) is 0 Å². The highest BCUT2D eigenvalue weighted by Gasteiger charge is 2.23. The predicted octanol–water partition coefficient (Wildman–Crippen LogP) is 2.93. The van der Waals surface area contributed by atoms with Gasteiger partial charge in [-0.1, -0.05) is 18.2 Å². The number of rotatable bonds is 3. The van der Waals surface area contributed by atoms with Crippen molar-refractivity contribution in [2.75, 3.05) is 18.1 Å². The summed E-state index contributed by atoms with van der Waals surface area (Å²) in [5.74, 6) is 2.44. The minimum Gasteiger partial charge on any atom is -0.493 e. The maximum Gasteiger partial charge on any atom is 0.122 e. The normalized spacial score (nSPS) is 17.2. The molecule has 1 aliphatic rings. The molecule has 0 aliphatic carbocycles. The monoisotopic (exact) mass is 258 g/mol. The third-order valence-corrected chi connectivity index (χ3v) is 4.30. The molecule has 1 atom stereocenters. The van der Waals surface area contributed by atoms with Gasteiger partial charge in [-0.25, -0.2) is 0 Å². The van der Waals surface area contributed by atoms with Gasteiger partial charge >= 0.3 is 0 Å². The number of aromatic nitrogens is 1. The van der Waals surface area contributed by atoms with Crippen LogP contribution in [0.1, 0.15) is 11.5 Å². The summed E-state index contributed by atoms with van der Waals surface area (Å²) in [6.07, 6.45) is 3.47. The average Bonchev–Trinajstić information content (AvgIpc) is 2.81. The lowest BCUT2D eigenvalue weighted by Gasteiger charge is -2.09. The first-order chi connectivity index (χ1) is 8.84. The van der Waals surface area contributed by atoms with E-state index in [0.29, 0.717) is 5.92 Å². The van der Waals surface area contributed by atoms with E-state index in [1.165, 1.54) is 5.56 Å². The summed E-state index contributed by atoms with van der Waals surface area (Å²) >= 11 is 1.76. The van der Waals surface area contributed by atoms with Crippen LogP contribution < -0.4 is 10.5 Å². The van der Waals surface area contributed by atoms with Crippen LogP contribution in [0.15, 0.2) is 47.6 Å². The highest BCUT2D eigenvalue weighted by molar-refractivity contribution is 7.99. The first-order valence-electron chi connectivity index (χ1n) is 5.88. The number of benzene rings is 1. The topological polar surface area (TPSA) is 48.1 Å². The van der Waals surface area contributed by atoms with Crippen molar-refractivity contribution in [3.8, 4) is 5.75 Å². The van der Waals surface area contributed by atoms with E-state index in [1.807, 2.05) is 18.2 Å². The fraction of sp³-hybridized carbons (Fsp3) is 0.214. The zero-order valence-electron chi connectivity index (χ0n) is 9.87. The molecule has 2 aromatic rings. The molecule has 1 unspecified atom stereocenters. The summed E-state index contributed by atoms with van der Waals surface area (Å²) in [6.45, 7) is 0.761. The average molecular weight is 258 g/mol. The molecule has 0 bridgehead atoms. The Balaban J connectivity index is 1.71. The van der Waals surface area contributed by atoms with Crippen LogP contribution in [0.5, 0.6) is 5.75 Å². The molecule has 4 heteroatoms. The Kier molecular flexibility index (Phi) is 3.11. The molecule has 0 saturated heterocycles. The Morgan fingerprint density at radius 1 is 1.33 bits per heavy atom. The van der Waals surface area contributed by atoms with Crippen molar-refractivity contribution in [1.82, 2.24) is 4.98 Å². The number of ether oxygens (including phenoxy) is 1. The molecule has 0 amide bonds. The number of hydrogen-bond acceptors (Lipinski definition) is 4. The van der Waals surface area contributed by atoms with Crippen LogP contribution in [0, 0.1) is 0 Å². The van der Waals surface area contributed by atoms with Gasteiger partial charge < -0.3 is 10.5 Å². The maximum atomic E-state index is 5.89. The van der Waals surface area contributed by atoms with Crippen molar-refractivity contribution in [3.63, 3.8) is 0 Å². The number of pyridine rings is 1. The number of nitrogens with zero attached hydrogens (tertiary/aromatic N) is 1. The van der Waals surface area contributed by atoms with E-state index in [0.717, 1.165) is 28.7 Å². The summed E-state index contributed by atoms with van der Waals surface area (Å²) in [5.41, 5.74) is 7.93. The van der Waals surface area contributed by atoms with Crippen LogP contribution in [-0.4, -0.2) is 17.3 Å². The van der Waals surface area contributed by atoms with E-state index in [2.05, 4.69) is 17.1 Å². The van der Waals surface area contributed by atoms with E-state index >= 15 is 0 Å². The number of para-hydroxylation sites is 1. The van der Waals surface area contributed by atoms with Crippen molar-refractivity contribution in [1.29, 1.82) is 0 Å². The van der Waals surface area contributed by atoms with Gasteiger partial charge in [0.2, 0.25) is 0 Å². The minimum absolute atomic E-state index is 0.443. The molecule has 3 rings (SSSR count). The second-order valence-corrected chi connectivity index (χ2v) is 5.33. The number of thioether (sulfide) groups is 1. The molecule has 92 valence electrons. The van der Waals surface area contributed by atoms with Crippen molar-refractivity contribution in [3.05, 3.63) is 48.3 Å². The Labute approximate surface area is 110 Å². The summed E-state index contributed by atoms with van der Waals surface area (Å²) in [7, 11) is 0. The van der Waals surface area contributed by atoms with Gasteiger partial charge in [0.15, 0.2) is 0 Å². The van der Waals surface area contributed by atoms with Gasteiger partial charge in [-0.2, -0.15) is 0 Å². The molecule has 3 nitrogen and oxygen atoms in total. The lowest BCUT2D eigenvalue weighted by atomic mass is 10.0. The van der Waals surface area contributed by atoms with E-state index in [-0.39, 0.29) is 0 Å². The van der Waals surface area contributed by atoms with Crippen molar-refractivity contribution in [2.24, 2.45) is 0 Å². The van der Waals surface area contributed by atoms with Crippen LogP contribution >= 0.6 is 11.8 Å². The second-order valence-electron chi connectivity index (χ2n) is 4.27. The summed E-state index contributed by atoms with van der Waals surface area (Å²) in [5, 5.41) is 0. The van der Waals surface area contributed by atoms with Crippen LogP contribution in [0.25, 0.3) is 0 Å². The van der Waals surface area contributed by atoms with Crippen LogP contribution in [0.4, 0.5) is 5.69 Å². The fourth-order valence-electron chi connectivity index (χ4n) is 2.08. The standard InChI is InChI=1S/C14H14N2OS/c15-12-7-16-6-5-14(12)18-9-10-8-17-13-4-2-1-3-11(10)13/h1-7,10H,8-9,15H2. The zero-order chi connectivity index (χ0) is 12.4. The predicted molar refractivity (Wildman–Crippen MR) is 74.1 cm³/mol. The fourth-order valence-corrected chi connectivity index (χ4v) is 3.12. The number of anilines is 1. The smallest absolute Gasteiger partial charge is 0.122 e. The Hall–Kier alpha value is -1.68. The zero-order valence-corrected chi connectivity index (χ0v) is 10.7. The van der Waals surface area contributed by atoms with E-state index in [1.54, 1.807) is 24.2 Å². The maximum absolute atomic E-state index is 5.89. The van der Waals surface area contributed by atoms with Gasteiger partial charge in [0.25, 0.3) is 0 Å². The number of nitrogen functional groups attached to an aromatic ring is 1. The molecular formula is C14H14N2OS. The Bertz CT molecular complexity index is 559. The second kappa shape index (κ2) is 4.90. The van der Waals surface area contributed by atoms with Gasteiger partial charge in [-0.15, -0.1) is 11.8 Å². The molecule has 1 aliphatic heterocycles. The largest absolute Gasteiger partial charge is 0.493 e. The number of hydrogen-bond donors (Lipinski definition) is 1. The molecule has 0 spiro atoms. The lowest BCUT2D eigenvalue weighted by Crippen LogP contribution is -2.03. The van der Waals surface area contributed by atoms with Gasteiger partial charge in [-0.3, -0.25) is 4.98 Å². The minimum atomic E-state index is 0.443. The van der Waals surface area contributed by atoms with E-state index in [4.69, 9.17) is 10.5 Å². The molecule has 0 saturated carbocycles. The summed E-state index contributed by atoms with van der Waals surface area (Å²) in [4.78, 5) is 5.09. The molecule has 2 heterocycles. The lowest BCUT2D eigenvalue weighted by molar-refractivity contribution is 0.339. The quantitative estimate of drug-likeness (QED) is 0.860. The molecule has 1 aromatic carbocycles. The van der Waals surface area contributed by atoms with Crippen molar-refractivity contribution < 1.29 is 4.74 Å². The number of nitrogens with two attached hydrogens (primary N) is 1. The van der Waals surface area contributed by atoms with Gasteiger partial charge in [0.05, 0.1) is 18.5 Å². The molecule has 0 radical (unpaired) electrons. The molecule has 18 heavy (non-hydrogen) atoms. The Morgan fingerprint density at radius 3 is 3.11 bits per heavy atom. The third kappa shape index (κ3) is 2.16. The van der Waals surface area contributed by atoms with Crippen molar-refractivity contribution in [2.45, 2.75) is 10.8 Å². The molecule has 2 N–H and O–H groups in total. The van der Waals surface area contributed by atoms with Crippen LogP contribution in [0.3, 0.4) is 0 Å². The first-order valence-corrected chi connectivity index (χ1v) is 6.87. The highest BCUT2D eigenvalue weighted by Crippen LogP contribution is 2.37. The SMILES string of the molecule is Nc1cnccc1SCC1COc2ccccc21. The van der Waals surface area contributed by atoms with Crippen LogP contribution in [-0.2, 0) is 0 Å². The van der Waals surface area contributed by atoms with Gasteiger partial charge in [0.1, 0.15) is 5.75 Å².